The van der Waals surface area contributed by atoms with Crippen molar-refractivity contribution in [3.63, 3.8) is 0 Å². The zero-order valence-corrected chi connectivity index (χ0v) is 10.9. The number of nitrogens with two attached hydrogens (primary N) is 1. The average Bonchev–Trinajstić information content (AvgIpc) is 2.41. The van der Waals surface area contributed by atoms with E-state index in [1.165, 1.54) is 0 Å². The molecule has 2 N–H and O–H groups in total. The maximum atomic E-state index is 11.8. The molecule has 3 heteroatoms. The van der Waals surface area contributed by atoms with Crippen molar-refractivity contribution in [2.24, 2.45) is 5.73 Å². The van der Waals surface area contributed by atoms with Crippen LogP contribution in [0.25, 0.3) is 0 Å². The minimum absolute atomic E-state index is 0.0124. The van der Waals surface area contributed by atoms with Crippen LogP contribution in [-0.2, 0) is 6.54 Å². The van der Waals surface area contributed by atoms with Crippen LogP contribution in [0.2, 0.25) is 0 Å². The molecule has 0 atom stereocenters. The molecule has 2 aromatic rings. The highest BCUT2D eigenvalue weighted by atomic mass is 16.1. The lowest BCUT2D eigenvalue weighted by Gasteiger charge is -2.09. The van der Waals surface area contributed by atoms with Gasteiger partial charge in [0.1, 0.15) is 0 Å². The summed E-state index contributed by atoms with van der Waals surface area (Å²) >= 11 is 0. The molecule has 1 aromatic heterocycles. The Kier molecular flexibility index (Phi) is 4.17. The molecule has 2 rings (SSSR count). The predicted molar refractivity (Wildman–Crippen MR) is 76.9 cm³/mol. The first-order valence-electron chi connectivity index (χ1n) is 6.15. The number of aryl methyl sites for hydroxylation is 1. The molecular formula is C16H16N2O. The Hall–Kier alpha value is -2.31. The number of rotatable bonds is 2. The predicted octanol–water partition coefficient (Wildman–Crippen LogP) is 1.52. The van der Waals surface area contributed by atoms with Gasteiger partial charge >= 0.3 is 0 Å². The van der Waals surface area contributed by atoms with Crippen molar-refractivity contribution < 1.29 is 0 Å². The summed E-state index contributed by atoms with van der Waals surface area (Å²) in [6.45, 7) is 2.84. The van der Waals surface area contributed by atoms with Gasteiger partial charge in [-0.15, -0.1) is 0 Å². The Morgan fingerprint density at radius 2 is 2.00 bits per heavy atom. The van der Waals surface area contributed by atoms with Crippen LogP contribution in [0.1, 0.15) is 16.8 Å². The molecule has 0 saturated carbocycles. The SMILES string of the molecule is Cc1cccc(=O)n1Cc1cccc(C#CCN)c1. The Balaban J connectivity index is 2.31. The third-order valence-electron chi connectivity index (χ3n) is 2.87. The van der Waals surface area contributed by atoms with Crippen molar-refractivity contribution >= 4 is 0 Å². The van der Waals surface area contributed by atoms with E-state index in [2.05, 4.69) is 11.8 Å². The van der Waals surface area contributed by atoms with Crippen molar-refractivity contribution in [2.75, 3.05) is 6.54 Å². The molecule has 0 bridgehead atoms. The molecule has 0 radical (unpaired) electrons. The summed E-state index contributed by atoms with van der Waals surface area (Å²) in [5.41, 5.74) is 8.30. The van der Waals surface area contributed by atoms with Crippen molar-refractivity contribution in [3.05, 3.63) is 69.6 Å². The van der Waals surface area contributed by atoms with Crippen LogP contribution in [0.4, 0.5) is 0 Å². The van der Waals surface area contributed by atoms with E-state index in [4.69, 9.17) is 5.73 Å². The number of nitrogens with zero attached hydrogens (tertiary/aromatic N) is 1. The molecule has 0 spiro atoms. The molecule has 0 aliphatic carbocycles. The lowest BCUT2D eigenvalue weighted by Crippen LogP contribution is -2.21. The van der Waals surface area contributed by atoms with Gasteiger partial charge in [-0.25, -0.2) is 0 Å². The van der Waals surface area contributed by atoms with E-state index in [9.17, 15) is 4.79 Å². The van der Waals surface area contributed by atoms with Gasteiger partial charge in [0.15, 0.2) is 0 Å². The van der Waals surface area contributed by atoms with Gasteiger partial charge in [-0.05, 0) is 30.7 Å². The van der Waals surface area contributed by atoms with Crippen molar-refractivity contribution in [3.8, 4) is 11.8 Å². The number of hydrogen-bond donors (Lipinski definition) is 1. The largest absolute Gasteiger partial charge is 0.320 e. The van der Waals surface area contributed by atoms with Crippen LogP contribution in [-0.4, -0.2) is 11.1 Å². The standard InChI is InChI=1S/C16H16N2O/c1-13-5-2-9-16(19)18(13)12-15-7-3-6-14(11-15)8-4-10-17/h2-3,5-7,9,11H,10,12,17H2,1H3. The fourth-order valence-corrected chi connectivity index (χ4v) is 1.91. The highest BCUT2D eigenvalue weighted by molar-refractivity contribution is 5.37. The molecular weight excluding hydrogens is 236 g/mol. The van der Waals surface area contributed by atoms with Gasteiger partial charge in [0, 0.05) is 17.3 Å². The molecule has 0 aliphatic heterocycles. The minimum atomic E-state index is 0.0124. The minimum Gasteiger partial charge on any atom is -0.320 e. The second-order valence-electron chi connectivity index (χ2n) is 4.30. The first kappa shape index (κ1) is 13.1. The first-order valence-corrected chi connectivity index (χ1v) is 6.15. The third kappa shape index (κ3) is 3.34. The van der Waals surface area contributed by atoms with E-state index < -0.39 is 0 Å². The van der Waals surface area contributed by atoms with Crippen molar-refractivity contribution in [1.29, 1.82) is 0 Å². The summed E-state index contributed by atoms with van der Waals surface area (Å²) < 4.78 is 1.75. The van der Waals surface area contributed by atoms with E-state index in [-0.39, 0.29) is 5.56 Å². The van der Waals surface area contributed by atoms with Gasteiger partial charge in [0.05, 0.1) is 13.1 Å². The zero-order valence-electron chi connectivity index (χ0n) is 10.9. The fraction of sp³-hybridized carbons (Fsp3) is 0.188. The molecule has 0 amide bonds. The van der Waals surface area contributed by atoms with Crippen LogP contribution in [0.3, 0.4) is 0 Å². The smallest absolute Gasteiger partial charge is 0.251 e. The summed E-state index contributed by atoms with van der Waals surface area (Å²) in [7, 11) is 0. The van der Waals surface area contributed by atoms with Crippen LogP contribution < -0.4 is 11.3 Å². The third-order valence-corrected chi connectivity index (χ3v) is 2.87. The molecule has 0 fully saturated rings. The monoisotopic (exact) mass is 252 g/mol. The molecule has 19 heavy (non-hydrogen) atoms. The van der Waals surface area contributed by atoms with Crippen molar-refractivity contribution in [2.45, 2.75) is 13.5 Å². The number of pyridine rings is 1. The van der Waals surface area contributed by atoms with E-state index >= 15 is 0 Å². The van der Waals surface area contributed by atoms with E-state index in [1.807, 2.05) is 37.3 Å². The maximum Gasteiger partial charge on any atom is 0.251 e. The van der Waals surface area contributed by atoms with Gasteiger partial charge in [-0.2, -0.15) is 0 Å². The summed E-state index contributed by atoms with van der Waals surface area (Å²) in [6, 6.07) is 13.1. The number of benzene rings is 1. The van der Waals surface area contributed by atoms with E-state index in [0.717, 1.165) is 16.8 Å². The van der Waals surface area contributed by atoms with E-state index in [0.29, 0.717) is 13.1 Å². The highest BCUT2D eigenvalue weighted by Crippen LogP contribution is 2.07. The Morgan fingerprint density at radius 1 is 1.21 bits per heavy atom. The van der Waals surface area contributed by atoms with Gasteiger partial charge in [-0.1, -0.05) is 30.0 Å². The molecule has 3 nitrogen and oxygen atoms in total. The maximum absolute atomic E-state index is 11.8. The highest BCUT2D eigenvalue weighted by Gasteiger charge is 2.01. The topological polar surface area (TPSA) is 48.0 Å². The first-order chi connectivity index (χ1) is 9.20. The van der Waals surface area contributed by atoms with Crippen LogP contribution in [0.5, 0.6) is 0 Å². The van der Waals surface area contributed by atoms with E-state index in [1.54, 1.807) is 16.7 Å². The summed E-state index contributed by atoms with van der Waals surface area (Å²) in [6.07, 6.45) is 0. The van der Waals surface area contributed by atoms with Gasteiger partial charge in [0.25, 0.3) is 5.56 Å². The number of aromatic nitrogens is 1. The van der Waals surface area contributed by atoms with Gasteiger partial charge in [0.2, 0.25) is 0 Å². The normalized spacial score (nSPS) is 9.79. The fourth-order valence-electron chi connectivity index (χ4n) is 1.91. The molecule has 0 unspecified atom stereocenters. The zero-order chi connectivity index (χ0) is 13.7. The molecule has 1 aromatic carbocycles. The molecule has 1 heterocycles. The summed E-state index contributed by atoms with van der Waals surface area (Å²) in [5, 5.41) is 0. The quantitative estimate of drug-likeness (QED) is 0.824. The summed E-state index contributed by atoms with van der Waals surface area (Å²) in [5.74, 6) is 5.82. The van der Waals surface area contributed by atoms with Gasteiger partial charge < -0.3 is 10.3 Å². The molecule has 0 saturated heterocycles. The number of hydrogen-bond acceptors (Lipinski definition) is 2. The molecule has 0 aliphatic rings. The Morgan fingerprint density at radius 3 is 2.74 bits per heavy atom. The van der Waals surface area contributed by atoms with Crippen LogP contribution in [0.15, 0.2) is 47.3 Å². The van der Waals surface area contributed by atoms with Crippen LogP contribution >= 0.6 is 0 Å². The summed E-state index contributed by atoms with van der Waals surface area (Å²) in [4.78, 5) is 11.8. The second kappa shape index (κ2) is 6.03. The van der Waals surface area contributed by atoms with Crippen LogP contribution in [0, 0.1) is 18.8 Å². The second-order valence-corrected chi connectivity index (χ2v) is 4.30. The Labute approximate surface area is 112 Å². The van der Waals surface area contributed by atoms with Gasteiger partial charge in [-0.3, -0.25) is 4.79 Å². The van der Waals surface area contributed by atoms with Crippen molar-refractivity contribution in [1.82, 2.24) is 4.57 Å². The lowest BCUT2D eigenvalue weighted by atomic mass is 10.1. The Bertz CT molecular complexity index is 690. The average molecular weight is 252 g/mol. The molecule has 96 valence electrons. The lowest BCUT2D eigenvalue weighted by molar-refractivity contribution is 0.730.